The van der Waals surface area contributed by atoms with Gasteiger partial charge < -0.3 is 0 Å². The van der Waals surface area contributed by atoms with Crippen molar-refractivity contribution in [3.05, 3.63) is 68.1 Å². The van der Waals surface area contributed by atoms with Crippen LogP contribution in [-0.2, 0) is 12.8 Å². The lowest BCUT2D eigenvalue weighted by atomic mass is 9.96. The van der Waals surface area contributed by atoms with E-state index in [0.717, 1.165) is 28.4 Å². The molecular weight excluding hydrogens is 355 g/mol. The van der Waals surface area contributed by atoms with Crippen LogP contribution in [0.5, 0.6) is 0 Å². The first kappa shape index (κ1) is 15.9. The van der Waals surface area contributed by atoms with Gasteiger partial charge in [-0.05, 0) is 53.3 Å². The van der Waals surface area contributed by atoms with Gasteiger partial charge in [-0.15, -0.1) is 11.6 Å². The van der Waals surface area contributed by atoms with E-state index in [4.69, 9.17) is 23.2 Å². The Morgan fingerprint density at radius 3 is 2.25 bits per heavy atom. The van der Waals surface area contributed by atoms with Crippen molar-refractivity contribution in [2.45, 2.75) is 32.1 Å². The number of hydrogen-bond acceptors (Lipinski definition) is 0. The topological polar surface area (TPSA) is 0 Å². The average molecular weight is 372 g/mol. The van der Waals surface area contributed by atoms with Gasteiger partial charge in [-0.1, -0.05) is 59.6 Å². The van der Waals surface area contributed by atoms with Crippen LogP contribution in [0.2, 0.25) is 5.02 Å². The molecule has 0 fully saturated rings. The maximum absolute atomic E-state index is 6.62. The van der Waals surface area contributed by atoms with E-state index in [2.05, 4.69) is 48.0 Å². The van der Waals surface area contributed by atoms with Gasteiger partial charge in [0.25, 0.3) is 0 Å². The largest absolute Gasteiger partial charge is 0.113 e. The Kier molecular flexibility index (Phi) is 5.54. The molecule has 0 N–H and O–H groups in total. The van der Waals surface area contributed by atoms with E-state index in [1.807, 2.05) is 18.2 Å². The molecule has 20 heavy (non-hydrogen) atoms. The van der Waals surface area contributed by atoms with Gasteiger partial charge in [0.1, 0.15) is 0 Å². The lowest BCUT2D eigenvalue weighted by Crippen LogP contribution is -1.98. The first-order valence-electron chi connectivity index (χ1n) is 6.76. The zero-order valence-electron chi connectivity index (χ0n) is 11.6. The molecule has 0 nitrogen and oxygen atoms in total. The molecule has 0 amide bonds. The van der Waals surface area contributed by atoms with E-state index in [9.17, 15) is 0 Å². The van der Waals surface area contributed by atoms with Crippen molar-refractivity contribution < 1.29 is 0 Å². The zero-order chi connectivity index (χ0) is 14.7. The molecule has 0 spiro atoms. The molecule has 0 aliphatic rings. The second kappa shape index (κ2) is 6.98. The lowest BCUT2D eigenvalue weighted by Gasteiger charge is -2.14. The van der Waals surface area contributed by atoms with E-state index in [-0.39, 0.29) is 5.38 Å². The van der Waals surface area contributed by atoms with Crippen LogP contribution >= 0.6 is 39.1 Å². The van der Waals surface area contributed by atoms with E-state index >= 15 is 0 Å². The highest BCUT2D eigenvalue weighted by molar-refractivity contribution is 9.10. The Hall–Kier alpha value is -0.500. The molecule has 0 saturated heterocycles. The van der Waals surface area contributed by atoms with Gasteiger partial charge in [0.05, 0.1) is 5.38 Å². The van der Waals surface area contributed by atoms with Crippen molar-refractivity contribution in [2.75, 3.05) is 0 Å². The number of alkyl halides is 1. The number of hydrogen-bond donors (Lipinski definition) is 0. The number of rotatable bonds is 4. The molecule has 3 heteroatoms. The molecule has 1 atom stereocenters. The van der Waals surface area contributed by atoms with Gasteiger partial charge in [-0.2, -0.15) is 0 Å². The summed E-state index contributed by atoms with van der Waals surface area (Å²) in [6, 6.07) is 12.3. The smallest absolute Gasteiger partial charge is 0.0836 e. The Balaban J connectivity index is 2.39. The second-order valence-corrected chi connectivity index (χ2v) is 6.59. The molecule has 0 aromatic heterocycles. The first-order chi connectivity index (χ1) is 9.55. The third-order valence-corrected chi connectivity index (χ3v) is 4.64. The maximum atomic E-state index is 6.62. The van der Waals surface area contributed by atoms with Crippen LogP contribution in [0.15, 0.2) is 40.9 Å². The summed E-state index contributed by atoms with van der Waals surface area (Å²) in [4.78, 5) is 0. The normalized spacial score (nSPS) is 12.4. The summed E-state index contributed by atoms with van der Waals surface area (Å²) < 4.78 is 0.951. The minimum Gasteiger partial charge on any atom is -0.113 e. The SMILES string of the molecule is CCc1ccc(C(Cl)c2cc(Cl)cc(Br)c2)cc1CC. The molecule has 2 aromatic carbocycles. The van der Waals surface area contributed by atoms with Crippen LogP contribution in [0.4, 0.5) is 0 Å². The first-order valence-corrected chi connectivity index (χ1v) is 8.37. The highest BCUT2D eigenvalue weighted by atomic mass is 79.9. The Morgan fingerprint density at radius 1 is 0.950 bits per heavy atom. The monoisotopic (exact) mass is 370 g/mol. The number of halogens is 3. The third-order valence-electron chi connectivity index (χ3n) is 3.46. The van der Waals surface area contributed by atoms with Gasteiger partial charge in [-0.3, -0.25) is 0 Å². The number of aryl methyl sites for hydroxylation is 2. The van der Waals surface area contributed by atoms with Crippen LogP contribution in [-0.4, -0.2) is 0 Å². The second-order valence-electron chi connectivity index (χ2n) is 4.80. The minimum atomic E-state index is -0.179. The van der Waals surface area contributed by atoms with Crippen molar-refractivity contribution in [2.24, 2.45) is 0 Å². The van der Waals surface area contributed by atoms with E-state index in [1.165, 1.54) is 11.1 Å². The summed E-state index contributed by atoms with van der Waals surface area (Å²) in [6.45, 7) is 4.36. The fourth-order valence-electron chi connectivity index (χ4n) is 2.39. The summed E-state index contributed by atoms with van der Waals surface area (Å²) in [5.74, 6) is 0. The zero-order valence-corrected chi connectivity index (χ0v) is 14.7. The summed E-state index contributed by atoms with van der Waals surface area (Å²) >= 11 is 16.2. The standard InChI is InChI=1S/C17H17BrCl2/c1-3-11-5-6-13(7-12(11)4-2)17(20)14-8-15(18)10-16(19)9-14/h5-10,17H,3-4H2,1-2H3. The number of benzene rings is 2. The molecular formula is C17H17BrCl2. The van der Waals surface area contributed by atoms with E-state index in [0.29, 0.717) is 5.02 Å². The van der Waals surface area contributed by atoms with Crippen molar-refractivity contribution >= 4 is 39.1 Å². The molecule has 0 heterocycles. The summed E-state index contributed by atoms with van der Waals surface area (Å²) in [5.41, 5.74) is 4.90. The minimum absolute atomic E-state index is 0.179. The third kappa shape index (κ3) is 3.58. The Bertz CT molecular complexity index is 588. The fourth-order valence-corrected chi connectivity index (χ4v) is 3.54. The average Bonchev–Trinajstić information content (AvgIpc) is 2.44. The van der Waals surface area contributed by atoms with Gasteiger partial charge in [0.2, 0.25) is 0 Å². The van der Waals surface area contributed by atoms with E-state index < -0.39 is 0 Å². The van der Waals surface area contributed by atoms with Crippen LogP contribution in [0, 0.1) is 0 Å². The van der Waals surface area contributed by atoms with Crippen molar-refractivity contribution in [1.29, 1.82) is 0 Å². The molecule has 0 bridgehead atoms. The summed E-state index contributed by atoms with van der Waals surface area (Å²) in [7, 11) is 0. The molecule has 106 valence electrons. The van der Waals surface area contributed by atoms with Crippen LogP contribution < -0.4 is 0 Å². The van der Waals surface area contributed by atoms with E-state index in [1.54, 1.807) is 0 Å². The maximum Gasteiger partial charge on any atom is 0.0836 e. The summed E-state index contributed by atoms with van der Waals surface area (Å²) in [5, 5.41) is 0.516. The highest BCUT2D eigenvalue weighted by Gasteiger charge is 2.13. The highest BCUT2D eigenvalue weighted by Crippen LogP contribution is 2.33. The van der Waals surface area contributed by atoms with Crippen LogP contribution in [0.3, 0.4) is 0 Å². The molecule has 0 saturated carbocycles. The Labute approximate surface area is 139 Å². The van der Waals surface area contributed by atoms with Gasteiger partial charge >= 0.3 is 0 Å². The van der Waals surface area contributed by atoms with Crippen LogP contribution in [0.25, 0.3) is 0 Å². The molecule has 0 aliphatic heterocycles. The van der Waals surface area contributed by atoms with Gasteiger partial charge in [-0.25, -0.2) is 0 Å². The van der Waals surface area contributed by atoms with Crippen molar-refractivity contribution in [1.82, 2.24) is 0 Å². The molecule has 2 rings (SSSR count). The predicted molar refractivity (Wildman–Crippen MR) is 92.0 cm³/mol. The Morgan fingerprint density at radius 2 is 1.65 bits per heavy atom. The predicted octanol–water partition coefficient (Wildman–Crippen LogP) is 6.56. The molecule has 1 unspecified atom stereocenters. The quantitative estimate of drug-likeness (QED) is 0.534. The molecule has 0 radical (unpaired) electrons. The van der Waals surface area contributed by atoms with Gasteiger partial charge in [0, 0.05) is 9.50 Å². The van der Waals surface area contributed by atoms with Gasteiger partial charge in [0.15, 0.2) is 0 Å². The van der Waals surface area contributed by atoms with Crippen molar-refractivity contribution in [3.63, 3.8) is 0 Å². The molecule has 2 aromatic rings. The molecule has 0 aliphatic carbocycles. The lowest BCUT2D eigenvalue weighted by molar-refractivity contribution is 1.02. The summed E-state index contributed by atoms with van der Waals surface area (Å²) in [6.07, 6.45) is 2.08. The fraction of sp³-hybridized carbons (Fsp3) is 0.294. The van der Waals surface area contributed by atoms with Crippen LogP contribution in [0.1, 0.15) is 41.5 Å². The van der Waals surface area contributed by atoms with Crippen molar-refractivity contribution in [3.8, 4) is 0 Å².